The van der Waals surface area contributed by atoms with Gasteiger partial charge in [0.05, 0.1) is 0 Å². The van der Waals surface area contributed by atoms with E-state index >= 15 is 0 Å². The molecule has 0 radical (unpaired) electrons. The van der Waals surface area contributed by atoms with E-state index < -0.39 is 5.60 Å². The van der Waals surface area contributed by atoms with Gasteiger partial charge in [0.15, 0.2) is 0 Å². The summed E-state index contributed by atoms with van der Waals surface area (Å²) >= 11 is 0. The Bertz CT molecular complexity index is 133. The fourth-order valence-electron chi connectivity index (χ4n) is 0.802. The highest BCUT2D eigenvalue weighted by atomic mass is 16.3. The van der Waals surface area contributed by atoms with Gasteiger partial charge in [-0.25, -0.2) is 0 Å². The molecule has 2 unspecified atom stereocenters. The van der Waals surface area contributed by atoms with Crippen LogP contribution in [0.2, 0.25) is 0 Å². The van der Waals surface area contributed by atoms with Crippen LogP contribution in [0.25, 0.3) is 0 Å². The van der Waals surface area contributed by atoms with Crippen LogP contribution in [0.3, 0.4) is 0 Å². The maximum Gasteiger partial charge on any atom is 0.122 e. The first-order chi connectivity index (χ1) is 4.52. The standard InChI is InChI=1S/C8H14O2/c1-4-8(3,10)5-7(2)6-9/h1,7,9-10H,5-6H2,2-3H3. The van der Waals surface area contributed by atoms with Crippen molar-refractivity contribution >= 4 is 0 Å². The summed E-state index contributed by atoms with van der Waals surface area (Å²) in [6.07, 6.45) is 5.47. The number of rotatable bonds is 3. The molecule has 0 fully saturated rings. The van der Waals surface area contributed by atoms with Crippen molar-refractivity contribution in [2.45, 2.75) is 25.9 Å². The van der Waals surface area contributed by atoms with Crippen molar-refractivity contribution in [3.05, 3.63) is 0 Å². The van der Waals surface area contributed by atoms with E-state index in [-0.39, 0.29) is 12.5 Å². The molecule has 0 aromatic carbocycles. The Morgan fingerprint density at radius 2 is 2.20 bits per heavy atom. The fraction of sp³-hybridized carbons (Fsp3) is 0.750. The number of hydrogen-bond acceptors (Lipinski definition) is 2. The van der Waals surface area contributed by atoms with E-state index in [0.29, 0.717) is 6.42 Å². The van der Waals surface area contributed by atoms with Crippen molar-refractivity contribution in [2.24, 2.45) is 5.92 Å². The molecule has 0 aromatic rings. The van der Waals surface area contributed by atoms with Crippen LogP contribution in [-0.4, -0.2) is 22.4 Å². The summed E-state index contributed by atoms with van der Waals surface area (Å²) < 4.78 is 0. The van der Waals surface area contributed by atoms with Gasteiger partial charge < -0.3 is 10.2 Å². The maximum absolute atomic E-state index is 9.28. The van der Waals surface area contributed by atoms with Crippen LogP contribution >= 0.6 is 0 Å². The van der Waals surface area contributed by atoms with Crippen LogP contribution in [0, 0.1) is 18.3 Å². The number of hydrogen-bond donors (Lipinski definition) is 2. The van der Waals surface area contributed by atoms with Gasteiger partial charge in [0, 0.05) is 6.61 Å². The average Bonchev–Trinajstić information content (AvgIpc) is 1.87. The molecular formula is C8H14O2. The maximum atomic E-state index is 9.28. The Morgan fingerprint density at radius 1 is 1.70 bits per heavy atom. The lowest BCUT2D eigenvalue weighted by molar-refractivity contribution is 0.0792. The lowest BCUT2D eigenvalue weighted by Crippen LogP contribution is -2.25. The molecule has 0 heterocycles. The molecule has 2 N–H and O–H groups in total. The van der Waals surface area contributed by atoms with Crippen LogP contribution in [0.5, 0.6) is 0 Å². The Kier molecular flexibility index (Phi) is 3.41. The third-order valence-electron chi connectivity index (χ3n) is 1.37. The molecule has 0 bridgehead atoms. The van der Waals surface area contributed by atoms with E-state index in [1.807, 2.05) is 6.92 Å². The van der Waals surface area contributed by atoms with E-state index in [4.69, 9.17) is 11.5 Å². The quantitative estimate of drug-likeness (QED) is 0.559. The summed E-state index contributed by atoms with van der Waals surface area (Å²) in [6, 6.07) is 0. The highest BCUT2D eigenvalue weighted by Crippen LogP contribution is 2.14. The minimum atomic E-state index is -1.07. The first kappa shape index (κ1) is 9.48. The predicted octanol–water partition coefficient (Wildman–Crippen LogP) is 0.389. The second-order valence-corrected chi connectivity index (χ2v) is 2.91. The van der Waals surface area contributed by atoms with Gasteiger partial charge in [0.25, 0.3) is 0 Å². The van der Waals surface area contributed by atoms with E-state index in [1.54, 1.807) is 6.92 Å². The first-order valence-electron chi connectivity index (χ1n) is 3.33. The second-order valence-electron chi connectivity index (χ2n) is 2.91. The molecule has 0 aromatic heterocycles. The smallest absolute Gasteiger partial charge is 0.122 e. The summed E-state index contributed by atoms with van der Waals surface area (Å²) in [4.78, 5) is 0. The molecule has 0 aliphatic heterocycles. The molecule has 0 saturated heterocycles. The van der Waals surface area contributed by atoms with Crippen LogP contribution in [-0.2, 0) is 0 Å². The molecule has 2 heteroatoms. The van der Waals surface area contributed by atoms with Crippen LogP contribution < -0.4 is 0 Å². The zero-order chi connectivity index (χ0) is 8.20. The van der Waals surface area contributed by atoms with E-state index in [0.717, 1.165) is 0 Å². The lowest BCUT2D eigenvalue weighted by Gasteiger charge is -2.19. The molecule has 58 valence electrons. The van der Waals surface area contributed by atoms with Crippen molar-refractivity contribution in [1.82, 2.24) is 0 Å². The van der Waals surface area contributed by atoms with Crippen molar-refractivity contribution < 1.29 is 10.2 Å². The minimum Gasteiger partial charge on any atom is -0.396 e. The first-order valence-corrected chi connectivity index (χ1v) is 3.33. The highest BCUT2D eigenvalue weighted by molar-refractivity contribution is 5.04. The van der Waals surface area contributed by atoms with E-state index in [1.165, 1.54) is 0 Å². The Hall–Kier alpha value is -0.520. The van der Waals surface area contributed by atoms with Crippen LogP contribution in [0.1, 0.15) is 20.3 Å². The van der Waals surface area contributed by atoms with Crippen molar-refractivity contribution in [1.29, 1.82) is 0 Å². The summed E-state index contributed by atoms with van der Waals surface area (Å²) in [5, 5.41) is 17.9. The van der Waals surface area contributed by atoms with Crippen molar-refractivity contribution in [3.8, 4) is 12.3 Å². The van der Waals surface area contributed by atoms with Crippen LogP contribution in [0.15, 0.2) is 0 Å². The zero-order valence-electron chi connectivity index (χ0n) is 6.46. The molecule has 2 atom stereocenters. The summed E-state index contributed by atoms with van der Waals surface area (Å²) in [5.74, 6) is 2.31. The molecule has 0 aliphatic rings. The highest BCUT2D eigenvalue weighted by Gasteiger charge is 2.19. The van der Waals surface area contributed by atoms with Crippen molar-refractivity contribution in [3.63, 3.8) is 0 Å². The number of aliphatic hydroxyl groups is 2. The zero-order valence-corrected chi connectivity index (χ0v) is 6.46. The third-order valence-corrected chi connectivity index (χ3v) is 1.37. The summed E-state index contributed by atoms with van der Waals surface area (Å²) in [7, 11) is 0. The molecule has 0 spiro atoms. The fourth-order valence-corrected chi connectivity index (χ4v) is 0.802. The SMILES string of the molecule is C#CC(C)(O)CC(C)CO. The lowest BCUT2D eigenvalue weighted by atomic mass is 9.95. The molecule has 10 heavy (non-hydrogen) atoms. The van der Waals surface area contributed by atoms with Gasteiger partial charge in [-0.15, -0.1) is 6.42 Å². The third kappa shape index (κ3) is 3.49. The Labute approximate surface area is 61.9 Å². The topological polar surface area (TPSA) is 40.5 Å². The molecule has 0 amide bonds. The minimum absolute atomic E-state index is 0.0612. The normalized spacial score (nSPS) is 19.1. The van der Waals surface area contributed by atoms with Gasteiger partial charge in [0.1, 0.15) is 5.60 Å². The summed E-state index contributed by atoms with van der Waals surface area (Å²) in [6.45, 7) is 3.48. The van der Waals surface area contributed by atoms with Gasteiger partial charge in [-0.2, -0.15) is 0 Å². The largest absolute Gasteiger partial charge is 0.396 e. The van der Waals surface area contributed by atoms with Gasteiger partial charge in [-0.1, -0.05) is 12.8 Å². The number of terminal acetylenes is 1. The molecule has 0 rings (SSSR count). The second kappa shape index (κ2) is 3.60. The summed E-state index contributed by atoms with van der Waals surface area (Å²) in [5.41, 5.74) is -1.07. The van der Waals surface area contributed by atoms with Gasteiger partial charge in [0.2, 0.25) is 0 Å². The predicted molar refractivity (Wildman–Crippen MR) is 40.3 cm³/mol. The van der Waals surface area contributed by atoms with Crippen molar-refractivity contribution in [2.75, 3.05) is 6.61 Å². The average molecular weight is 142 g/mol. The van der Waals surface area contributed by atoms with Crippen LogP contribution in [0.4, 0.5) is 0 Å². The van der Waals surface area contributed by atoms with E-state index in [2.05, 4.69) is 5.92 Å². The van der Waals surface area contributed by atoms with Gasteiger partial charge in [-0.05, 0) is 19.3 Å². The monoisotopic (exact) mass is 142 g/mol. The Balaban J connectivity index is 3.79. The molecule has 0 aliphatic carbocycles. The van der Waals surface area contributed by atoms with Gasteiger partial charge >= 0.3 is 0 Å². The van der Waals surface area contributed by atoms with Gasteiger partial charge in [-0.3, -0.25) is 0 Å². The molecular weight excluding hydrogens is 128 g/mol. The van der Waals surface area contributed by atoms with E-state index in [9.17, 15) is 5.11 Å². The molecule has 2 nitrogen and oxygen atoms in total. The number of aliphatic hydroxyl groups excluding tert-OH is 1. The molecule has 0 saturated carbocycles. The Morgan fingerprint density at radius 3 is 2.50 bits per heavy atom.